The van der Waals surface area contributed by atoms with E-state index in [4.69, 9.17) is 19.8 Å². The Hall–Kier alpha value is -2.95. The molecule has 138 valence electrons. The molecular weight excluding hydrogens is 336 g/mol. The predicted octanol–water partition coefficient (Wildman–Crippen LogP) is 5.08. The largest absolute Gasteiger partial charge is 0.494 e. The lowest BCUT2D eigenvalue weighted by Gasteiger charge is -2.05. The monoisotopic (exact) mass is 360 g/mol. The molecule has 0 bridgehead atoms. The van der Waals surface area contributed by atoms with Crippen molar-refractivity contribution >= 4 is 16.6 Å². The van der Waals surface area contributed by atoms with Crippen LogP contribution in [-0.2, 0) is 6.42 Å². The molecule has 0 unspecified atom stereocenters. The van der Waals surface area contributed by atoms with Gasteiger partial charge in [-0.05, 0) is 49.2 Å². The molecule has 4 rings (SSSR count). The van der Waals surface area contributed by atoms with E-state index in [2.05, 4.69) is 19.9 Å². The van der Waals surface area contributed by atoms with Gasteiger partial charge in [-0.3, -0.25) is 0 Å². The Morgan fingerprint density at radius 2 is 1.74 bits per heavy atom. The van der Waals surface area contributed by atoms with Crippen LogP contribution >= 0.6 is 0 Å². The van der Waals surface area contributed by atoms with E-state index in [9.17, 15) is 0 Å². The zero-order valence-corrected chi connectivity index (χ0v) is 15.9. The predicted molar refractivity (Wildman–Crippen MR) is 108 cm³/mol. The first kappa shape index (κ1) is 17.5. The summed E-state index contributed by atoms with van der Waals surface area (Å²) >= 11 is 0. The number of fused-ring (bicyclic) bond motifs is 3. The molecule has 27 heavy (non-hydrogen) atoms. The summed E-state index contributed by atoms with van der Waals surface area (Å²) in [6, 6.07) is 16.1. The number of ether oxygens (including phenoxy) is 1. The molecule has 0 saturated carbocycles. The van der Waals surface area contributed by atoms with Crippen LogP contribution in [0.3, 0.4) is 0 Å². The molecule has 0 aliphatic rings. The molecule has 5 heteroatoms. The highest BCUT2D eigenvalue weighted by Gasteiger charge is 2.14. The van der Waals surface area contributed by atoms with Crippen molar-refractivity contribution in [3.8, 4) is 17.1 Å². The minimum absolute atomic E-state index is 0.716. The van der Waals surface area contributed by atoms with Gasteiger partial charge in [-0.15, -0.1) is 5.10 Å². The number of aryl methyl sites for hydroxylation is 1. The van der Waals surface area contributed by atoms with Crippen LogP contribution in [0.1, 0.15) is 38.9 Å². The number of unbranched alkanes of at least 4 members (excludes halogenated alkanes) is 1. The van der Waals surface area contributed by atoms with Crippen molar-refractivity contribution in [1.29, 1.82) is 0 Å². The molecule has 0 spiro atoms. The summed E-state index contributed by atoms with van der Waals surface area (Å²) < 4.78 is 7.58. The molecule has 2 aromatic heterocycles. The summed E-state index contributed by atoms with van der Waals surface area (Å²) in [4.78, 5) is 9.68. The van der Waals surface area contributed by atoms with Gasteiger partial charge >= 0.3 is 0 Å². The topological polar surface area (TPSA) is 52.3 Å². The van der Waals surface area contributed by atoms with E-state index < -0.39 is 0 Å². The normalized spacial score (nSPS) is 11.3. The van der Waals surface area contributed by atoms with E-state index in [-0.39, 0.29) is 0 Å². The van der Waals surface area contributed by atoms with Crippen LogP contribution in [0.4, 0.5) is 0 Å². The van der Waals surface area contributed by atoms with E-state index in [1.54, 1.807) is 0 Å². The molecule has 0 atom stereocenters. The Kier molecular flexibility index (Phi) is 5.01. The zero-order chi connectivity index (χ0) is 18.6. The molecule has 0 amide bonds. The summed E-state index contributed by atoms with van der Waals surface area (Å²) in [7, 11) is 0. The second kappa shape index (κ2) is 7.74. The Bertz CT molecular complexity index is 1050. The van der Waals surface area contributed by atoms with Crippen LogP contribution in [0.15, 0.2) is 48.5 Å². The van der Waals surface area contributed by atoms with Gasteiger partial charge in [0.1, 0.15) is 11.6 Å². The van der Waals surface area contributed by atoms with Crippen LogP contribution < -0.4 is 4.74 Å². The second-order valence-electron chi connectivity index (χ2n) is 6.69. The van der Waals surface area contributed by atoms with Crippen molar-refractivity contribution < 1.29 is 4.74 Å². The first-order chi connectivity index (χ1) is 13.3. The van der Waals surface area contributed by atoms with E-state index in [1.165, 1.54) is 0 Å². The summed E-state index contributed by atoms with van der Waals surface area (Å²) in [5.74, 6) is 2.56. The van der Waals surface area contributed by atoms with Gasteiger partial charge < -0.3 is 4.74 Å². The SMILES string of the molecule is CCCCc1nc2ccccc2c2nc(-c3ccc(OCCC)cc3)nn12. The molecule has 0 fully saturated rings. The maximum Gasteiger partial charge on any atom is 0.182 e. The second-order valence-corrected chi connectivity index (χ2v) is 6.69. The third-order valence-electron chi connectivity index (χ3n) is 4.59. The highest BCUT2D eigenvalue weighted by atomic mass is 16.5. The molecule has 0 aliphatic heterocycles. The van der Waals surface area contributed by atoms with Crippen molar-refractivity contribution in [2.75, 3.05) is 6.61 Å². The van der Waals surface area contributed by atoms with Crippen LogP contribution in [0, 0.1) is 0 Å². The molecule has 2 heterocycles. The van der Waals surface area contributed by atoms with Gasteiger partial charge in [0.05, 0.1) is 12.1 Å². The molecule has 5 nitrogen and oxygen atoms in total. The lowest BCUT2D eigenvalue weighted by molar-refractivity contribution is 0.317. The molecule has 0 radical (unpaired) electrons. The lowest BCUT2D eigenvalue weighted by Crippen LogP contribution is -2.03. The highest BCUT2D eigenvalue weighted by molar-refractivity contribution is 5.91. The lowest BCUT2D eigenvalue weighted by atomic mass is 10.2. The number of nitrogens with zero attached hydrogens (tertiary/aromatic N) is 4. The van der Waals surface area contributed by atoms with Gasteiger partial charge in [0.25, 0.3) is 0 Å². The summed E-state index contributed by atoms with van der Waals surface area (Å²) in [6.45, 7) is 5.01. The van der Waals surface area contributed by atoms with Crippen LogP contribution in [0.25, 0.3) is 27.9 Å². The number of aromatic nitrogens is 4. The van der Waals surface area contributed by atoms with Gasteiger partial charge in [0, 0.05) is 17.4 Å². The Balaban J connectivity index is 1.79. The first-order valence-corrected chi connectivity index (χ1v) is 9.67. The fourth-order valence-electron chi connectivity index (χ4n) is 3.15. The summed E-state index contributed by atoms with van der Waals surface area (Å²) in [5, 5.41) is 5.81. The van der Waals surface area contributed by atoms with E-state index >= 15 is 0 Å². The van der Waals surface area contributed by atoms with Crippen molar-refractivity contribution in [2.45, 2.75) is 39.5 Å². The zero-order valence-electron chi connectivity index (χ0n) is 15.9. The number of rotatable bonds is 7. The molecule has 0 N–H and O–H groups in total. The third-order valence-corrected chi connectivity index (χ3v) is 4.59. The maximum absolute atomic E-state index is 5.67. The molecule has 0 saturated heterocycles. The van der Waals surface area contributed by atoms with Crippen LogP contribution in [0.2, 0.25) is 0 Å². The highest BCUT2D eigenvalue weighted by Crippen LogP contribution is 2.24. The Labute approximate surface area is 159 Å². The van der Waals surface area contributed by atoms with E-state index in [0.717, 1.165) is 66.0 Å². The van der Waals surface area contributed by atoms with Gasteiger partial charge in [0.15, 0.2) is 11.5 Å². The summed E-state index contributed by atoms with van der Waals surface area (Å²) in [5.41, 5.74) is 2.82. The molecular formula is C22H24N4O. The number of benzene rings is 2. The maximum atomic E-state index is 5.67. The summed E-state index contributed by atoms with van der Waals surface area (Å²) in [6.07, 6.45) is 4.09. The van der Waals surface area contributed by atoms with Gasteiger partial charge in [-0.1, -0.05) is 32.4 Å². The molecule has 0 aliphatic carbocycles. The van der Waals surface area contributed by atoms with Gasteiger partial charge in [0.2, 0.25) is 0 Å². The quantitative estimate of drug-likeness (QED) is 0.461. The minimum atomic E-state index is 0.716. The van der Waals surface area contributed by atoms with Crippen LogP contribution in [-0.4, -0.2) is 26.2 Å². The van der Waals surface area contributed by atoms with Crippen molar-refractivity contribution in [3.05, 3.63) is 54.4 Å². The van der Waals surface area contributed by atoms with Crippen molar-refractivity contribution in [3.63, 3.8) is 0 Å². The number of hydrogen-bond donors (Lipinski definition) is 0. The average molecular weight is 360 g/mol. The van der Waals surface area contributed by atoms with Crippen molar-refractivity contribution in [2.24, 2.45) is 0 Å². The van der Waals surface area contributed by atoms with E-state index in [0.29, 0.717) is 5.82 Å². The molecule has 4 aromatic rings. The van der Waals surface area contributed by atoms with Crippen LogP contribution in [0.5, 0.6) is 5.75 Å². The fraction of sp³-hybridized carbons (Fsp3) is 0.318. The number of para-hydroxylation sites is 1. The standard InChI is InChI=1S/C22H24N4O/c1-3-5-10-20-23-19-9-7-6-8-18(19)22-24-21(25-26(20)22)16-11-13-17(14-12-16)27-15-4-2/h6-9,11-14H,3-5,10,15H2,1-2H3. The first-order valence-electron chi connectivity index (χ1n) is 9.67. The van der Waals surface area contributed by atoms with E-state index in [1.807, 2.05) is 47.0 Å². The average Bonchev–Trinajstić information content (AvgIpc) is 3.17. The number of hydrogen-bond acceptors (Lipinski definition) is 4. The smallest absolute Gasteiger partial charge is 0.182 e. The van der Waals surface area contributed by atoms with Gasteiger partial charge in [-0.25, -0.2) is 9.97 Å². The third kappa shape index (κ3) is 3.50. The Morgan fingerprint density at radius 1 is 0.926 bits per heavy atom. The minimum Gasteiger partial charge on any atom is -0.494 e. The molecule has 2 aromatic carbocycles. The fourth-order valence-corrected chi connectivity index (χ4v) is 3.15. The Morgan fingerprint density at radius 3 is 2.52 bits per heavy atom. The van der Waals surface area contributed by atoms with Crippen molar-refractivity contribution in [1.82, 2.24) is 19.6 Å². The van der Waals surface area contributed by atoms with Gasteiger partial charge in [-0.2, -0.15) is 4.52 Å².